The molecule has 6 nitrogen and oxygen atoms in total. The molecule has 0 radical (unpaired) electrons. The quantitative estimate of drug-likeness (QED) is 0.844. The normalized spacial score (nSPS) is 19.5. The molecule has 1 N–H and O–H groups in total. The molecule has 1 aliphatic rings. The van der Waals surface area contributed by atoms with Gasteiger partial charge < -0.3 is 14.9 Å². The van der Waals surface area contributed by atoms with Crippen molar-refractivity contribution >= 4 is 17.8 Å². The standard InChI is InChI=1S/C13H19F3N2O4/c1-9(19)18(8-12(21)22)10-3-2-5-17(6-4-10)11(20)7-13(14,15)16/h10H,2-8H2,1H3,(H,21,22). The summed E-state index contributed by atoms with van der Waals surface area (Å²) in [6.45, 7) is 1.07. The Morgan fingerprint density at radius 3 is 2.36 bits per heavy atom. The van der Waals surface area contributed by atoms with Crippen LogP contribution in [0, 0.1) is 0 Å². The van der Waals surface area contributed by atoms with E-state index in [2.05, 4.69) is 0 Å². The molecule has 1 saturated heterocycles. The smallest absolute Gasteiger partial charge is 0.397 e. The molecular weight excluding hydrogens is 305 g/mol. The van der Waals surface area contributed by atoms with E-state index in [1.807, 2.05) is 0 Å². The first-order chi connectivity index (χ1) is 10.1. The van der Waals surface area contributed by atoms with Crippen LogP contribution in [0.4, 0.5) is 13.2 Å². The lowest BCUT2D eigenvalue weighted by Crippen LogP contribution is -2.43. The summed E-state index contributed by atoms with van der Waals surface area (Å²) >= 11 is 0. The minimum absolute atomic E-state index is 0.0863. The van der Waals surface area contributed by atoms with E-state index in [4.69, 9.17) is 5.11 Å². The SMILES string of the molecule is CC(=O)N(CC(=O)O)C1CCCN(C(=O)CC(F)(F)F)CC1. The number of halogens is 3. The first-order valence-electron chi connectivity index (χ1n) is 6.93. The van der Waals surface area contributed by atoms with E-state index in [0.29, 0.717) is 12.8 Å². The van der Waals surface area contributed by atoms with E-state index >= 15 is 0 Å². The van der Waals surface area contributed by atoms with Crippen molar-refractivity contribution in [1.29, 1.82) is 0 Å². The average Bonchev–Trinajstić information content (AvgIpc) is 2.58. The molecule has 1 rings (SSSR count). The van der Waals surface area contributed by atoms with E-state index in [-0.39, 0.29) is 25.6 Å². The number of carboxylic acid groups (broad SMARTS) is 1. The number of carboxylic acids is 1. The van der Waals surface area contributed by atoms with Crippen LogP contribution in [0.3, 0.4) is 0 Å². The lowest BCUT2D eigenvalue weighted by Gasteiger charge is -2.29. The highest BCUT2D eigenvalue weighted by Gasteiger charge is 2.34. The molecule has 0 aliphatic carbocycles. The first kappa shape index (κ1) is 18.2. The van der Waals surface area contributed by atoms with Gasteiger partial charge in [-0.1, -0.05) is 0 Å². The van der Waals surface area contributed by atoms with Crippen LogP contribution in [0.5, 0.6) is 0 Å². The Balaban J connectivity index is 2.66. The van der Waals surface area contributed by atoms with Crippen molar-refractivity contribution in [3.63, 3.8) is 0 Å². The Kier molecular flexibility index (Phi) is 6.19. The topological polar surface area (TPSA) is 77.9 Å². The Hall–Kier alpha value is -1.80. The van der Waals surface area contributed by atoms with Crippen LogP contribution in [-0.2, 0) is 14.4 Å². The van der Waals surface area contributed by atoms with Crippen LogP contribution < -0.4 is 0 Å². The second kappa shape index (κ2) is 7.46. The van der Waals surface area contributed by atoms with Crippen molar-refractivity contribution in [2.45, 2.75) is 44.8 Å². The molecule has 1 unspecified atom stereocenters. The maximum atomic E-state index is 12.3. The van der Waals surface area contributed by atoms with Gasteiger partial charge in [-0.25, -0.2) is 0 Å². The summed E-state index contributed by atoms with van der Waals surface area (Å²) in [5.41, 5.74) is 0. The molecule has 0 spiro atoms. The van der Waals surface area contributed by atoms with Crippen molar-refractivity contribution in [3.8, 4) is 0 Å². The van der Waals surface area contributed by atoms with Gasteiger partial charge >= 0.3 is 12.1 Å². The molecule has 0 aromatic rings. The molecule has 0 bridgehead atoms. The van der Waals surface area contributed by atoms with Crippen LogP contribution in [-0.4, -0.2) is 64.5 Å². The Morgan fingerprint density at radius 2 is 1.86 bits per heavy atom. The number of hydrogen-bond donors (Lipinski definition) is 1. The molecule has 22 heavy (non-hydrogen) atoms. The van der Waals surface area contributed by atoms with Crippen molar-refractivity contribution in [2.24, 2.45) is 0 Å². The van der Waals surface area contributed by atoms with Crippen molar-refractivity contribution in [3.05, 3.63) is 0 Å². The van der Waals surface area contributed by atoms with E-state index in [9.17, 15) is 27.6 Å². The van der Waals surface area contributed by atoms with Crippen molar-refractivity contribution < 1.29 is 32.7 Å². The number of rotatable bonds is 4. The van der Waals surface area contributed by atoms with Gasteiger partial charge in [0.25, 0.3) is 0 Å². The molecule has 126 valence electrons. The minimum Gasteiger partial charge on any atom is -0.480 e. The fourth-order valence-corrected chi connectivity index (χ4v) is 2.57. The first-order valence-corrected chi connectivity index (χ1v) is 6.93. The fourth-order valence-electron chi connectivity index (χ4n) is 2.57. The van der Waals surface area contributed by atoms with E-state index in [0.717, 1.165) is 4.90 Å². The number of aliphatic carboxylic acids is 1. The van der Waals surface area contributed by atoms with Gasteiger partial charge in [0.2, 0.25) is 11.8 Å². The van der Waals surface area contributed by atoms with Crippen molar-refractivity contribution in [2.75, 3.05) is 19.6 Å². The molecule has 9 heteroatoms. The maximum absolute atomic E-state index is 12.3. The number of amides is 2. The Morgan fingerprint density at radius 1 is 1.23 bits per heavy atom. The highest BCUT2D eigenvalue weighted by Crippen LogP contribution is 2.23. The van der Waals surface area contributed by atoms with E-state index < -0.39 is 36.9 Å². The zero-order valence-corrected chi connectivity index (χ0v) is 12.2. The number of carbonyl (C=O) groups is 3. The highest BCUT2D eigenvalue weighted by atomic mass is 19.4. The minimum atomic E-state index is -4.54. The van der Waals surface area contributed by atoms with Crippen molar-refractivity contribution in [1.82, 2.24) is 9.80 Å². The van der Waals surface area contributed by atoms with Gasteiger partial charge in [-0.3, -0.25) is 14.4 Å². The monoisotopic (exact) mass is 324 g/mol. The lowest BCUT2D eigenvalue weighted by atomic mass is 10.1. The number of alkyl halides is 3. The summed E-state index contributed by atoms with van der Waals surface area (Å²) in [7, 11) is 0. The zero-order valence-electron chi connectivity index (χ0n) is 12.2. The maximum Gasteiger partial charge on any atom is 0.397 e. The molecule has 1 fully saturated rings. The number of carbonyl (C=O) groups excluding carboxylic acids is 2. The Labute approximate surface area is 125 Å². The molecule has 1 heterocycles. The van der Waals surface area contributed by atoms with Crippen LogP contribution in [0.25, 0.3) is 0 Å². The van der Waals surface area contributed by atoms with Crippen LogP contribution in [0.1, 0.15) is 32.6 Å². The van der Waals surface area contributed by atoms with Gasteiger partial charge in [0.05, 0.1) is 0 Å². The zero-order chi connectivity index (χ0) is 16.9. The summed E-state index contributed by atoms with van der Waals surface area (Å²) in [5, 5.41) is 8.82. The predicted molar refractivity (Wildman–Crippen MR) is 69.9 cm³/mol. The molecule has 0 saturated carbocycles. The summed E-state index contributed by atoms with van der Waals surface area (Å²) < 4.78 is 36.8. The summed E-state index contributed by atoms with van der Waals surface area (Å²) in [4.78, 5) is 36.2. The molecule has 0 aromatic carbocycles. The highest BCUT2D eigenvalue weighted by molar-refractivity contribution is 5.80. The van der Waals surface area contributed by atoms with Gasteiger partial charge in [-0.15, -0.1) is 0 Å². The third-order valence-corrected chi connectivity index (χ3v) is 3.55. The fraction of sp³-hybridized carbons (Fsp3) is 0.769. The third-order valence-electron chi connectivity index (χ3n) is 3.55. The van der Waals surface area contributed by atoms with Gasteiger partial charge in [0, 0.05) is 26.1 Å². The summed E-state index contributed by atoms with van der Waals surface area (Å²) in [5.74, 6) is -2.53. The largest absolute Gasteiger partial charge is 0.480 e. The molecule has 0 aromatic heterocycles. The van der Waals surface area contributed by atoms with Gasteiger partial charge in [0.15, 0.2) is 0 Å². The number of likely N-dealkylation sites (tertiary alicyclic amines) is 1. The average molecular weight is 324 g/mol. The van der Waals surface area contributed by atoms with E-state index in [1.165, 1.54) is 11.8 Å². The molecular formula is C13H19F3N2O4. The molecule has 1 atom stereocenters. The lowest BCUT2D eigenvalue weighted by molar-refractivity contribution is -0.161. The summed E-state index contributed by atoms with van der Waals surface area (Å²) in [6.07, 6.45) is -4.88. The number of hydrogen-bond acceptors (Lipinski definition) is 3. The van der Waals surface area contributed by atoms with Crippen LogP contribution in [0.15, 0.2) is 0 Å². The molecule has 2 amide bonds. The second-order valence-electron chi connectivity index (χ2n) is 5.30. The predicted octanol–water partition coefficient (Wildman–Crippen LogP) is 1.25. The van der Waals surface area contributed by atoms with Crippen LogP contribution >= 0.6 is 0 Å². The second-order valence-corrected chi connectivity index (χ2v) is 5.30. The summed E-state index contributed by atoms with van der Waals surface area (Å²) in [6, 6.07) is -0.378. The van der Waals surface area contributed by atoms with Gasteiger partial charge in [0.1, 0.15) is 13.0 Å². The van der Waals surface area contributed by atoms with Crippen LogP contribution in [0.2, 0.25) is 0 Å². The van der Waals surface area contributed by atoms with Gasteiger partial charge in [-0.05, 0) is 19.3 Å². The Bertz CT molecular complexity index is 439. The molecule has 1 aliphatic heterocycles. The van der Waals surface area contributed by atoms with E-state index in [1.54, 1.807) is 0 Å². The van der Waals surface area contributed by atoms with Gasteiger partial charge in [-0.2, -0.15) is 13.2 Å². The number of nitrogens with zero attached hydrogens (tertiary/aromatic N) is 2. The third kappa shape index (κ3) is 5.90.